The maximum atomic E-state index is 5.64. The quantitative estimate of drug-likeness (QED) is 0.615. The van der Waals surface area contributed by atoms with Gasteiger partial charge >= 0.3 is 0 Å². The fourth-order valence-electron chi connectivity index (χ4n) is 1.92. The number of nitrogen functional groups attached to an aromatic ring is 1. The van der Waals surface area contributed by atoms with Crippen LogP contribution in [0, 0.1) is 0 Å². The summed E-state index contributed by atoms with van der Waals surface area (Å²) in [6.45, 7) is 3.56. The Balaban J connectivity index is 1.79. The molecule has 0 fully saturated rings. The molecule has 19 heavy (non-hydrogen) atoms. The van der Waals surface area contributed by atoms with Gasteiger partial charge in [0.25, 0.3) is 0 Å². The van der Waals surface area contributed by atoms with Gasteiger partial charge < -0.3 is 15.8 Å². The molecule has 3 nitrogen and oxygen atoms in total. The molecule has 0 atom stereocenters. The first-order chi connectivity index (χ1) is 9.29. The molecule has 2 aromatic rings. The fraction of sp³-hybridized carbons (Fsp3) is 0.250. The lowest BCUT2D eigenvalue weighted by Crippen LogP contribution is -2.12. The van der Waals surface area contributed by atoms with Crippen molar-refractivity contribution in [2.24, 2.45) is 0 Å². The number of para-hydroxylation sites is 1. The van der Waals surface area contributed by atoms with E-state index in [-0.39, 0.29) is 0 Å². The molecule has 3 N–H and O–H groups in total. The number of anilines is 2. The zero-order chi connectivity index (χ0) is 13.5. The van der Waals surface area contributed by atoms with Crippen LogP contribution >= 0.6 is 0 Å². The standard InChI is InChI=1S/C16H20N2O/c1-2-13-5-3-4-6-16(13)18-11-12-19-15-9-7-14(17)8-10-15/h3-10,18H,2,11-12,17H2,1H3. The molecule has 3 heteroatoms. The fourth-order valence-corrected chi connectivity index (χ4v) is 1.92. The van der Waals surface area contributed by atoms with Gasteiger partial charge in [-0.15, -0.1) is 0 Å². The lowest BCUT2D eigenvalue weighted by Gasteiger charge is -2.11. The predicted molar refractivity (Wildman–Crippen MR) is 80.7 cm³/mol. The summed E-state index contributed by atoms with van der Waals surface area (Å²) in [5, 5.41) is 3.40. The minimum absolute atomic E-state index is 0.627. The second-order valence-corrected chi connectivity index (χ2v) is 4.35. The van der Waals surface area contributed by atoms with E-state index in [2.05, 4.69) is 30.4 Å². The van der Waals surface area contributed by atoms with Crippen LogP contribution in [0.25, 0.3) is 0 Å². The van der Waals surface area contributed by atoms with E-state index in [4.69, 9.17) is 10.5 Å². The predicted octanol–water partition coefficient (Wildman–Crippen LogP) is 3.32. The van der Waals surface area contributed by atoms with Gasteiger partial charge in [0.15, 0.2) is 0 Å². The first-order valence-electron chi connectivity index (χ1n) is 6.59. The van der Waals surface area contributed by atoms with Gasteiger partial charge in [-0.2, -0.15) is 0 Å². The highest BCUT2D eigenvalue weighted by atomic mass is 16.5. The van der Waals surface area contributed by atoms with Crippen LogP contribution in [0.5, 0.6) is 5.75 Å². The van der Waals surface area contributed by atoms with Crippen molar-refractivity contribution in [3.63, 3.8) is 0 Å². The Kier molecular flexibility index (Phi) is 4.67. The largest absolute Gasteiger partial charge is 0.492 e. The van der Waals surface area contributed by atoms with Crippen molar-refractivity contribution in [2.45, 2.75) is 13.3 Å². The number of nitrogens with one attached hydrogen (secondary N) is 1. The van der Waals surface area contributed by atoms with Gasteiger partial charge in [0.1, 0.15) is 12.4 Å². The minimum Gasteiger partial charge on any atom is -0.492 e. The SMILES string of the molecule is CCc1ccccc1NCCOc1ccc(N)cc1. The highest BCUT2D eigenvalue weighted by Gasteiger charge is 1.98. The Labute approximate surface area is 114 Å². The van der Waals surface area contributed by atoms with E-state index in [0.717, 1.165) is 24.4 Å². The smallest absolute Gasteiger partial charge is 0.119 e. The van der Waals surface area contributed by atoms with Gasteiger partial charge in [0.05, 0.1) is 0 Å². The van der Waals surface area contributed by atoms with Crippen LogP contribution in [0.2, 0.25) is 0 Å². The first-order valence-corrected chi connectivity index (χ1v) is 6.59. The number of benzene rings is 2. The van der Waals surface area contributed by atoms with Gasteiger partial charge in [-0.25, -0.2) is 0 Å². The van der Waals surface area contributed by atoms with Crippen molar-refractivity contribution in [2.75, 3.05) is 24.2 Å². The highest BCUT2D eigenvalue weighted by Crippen LogP contribution is 2.15. The molecule has 2 aromatic carbocycles. The van der Waals surface area contributed by atoms with E-state index in [0.29, 0.717) is 6.61 Å². The number of aryl methyl sites for hydroxylation is 1. The normalized spacial score (nSPS) is 10.2. The van der Waals surface area contributed by atoms with Crippen LogP contribution < -0.4 is 15.8 Å². The molecule has 0 saturated heterocycles. The van der Waals surface area contributed by atoms with Crippen LogP contribution in [0.4, 0.5) is 11.4 Å². The number of hydrogen-bond donors (Lipinski definition) is 2. The van der Waals surface area contributed by atoms with Gasteiger partial charge in [0.2, 0.25) is 0 Å². The van der Waals surface area contributed by atoms with E-state index in [1.54, 1.807) is 0 Å². The molecule has 0 saturated carbocycles. The average molecular weight is 256 g/mol. The monoisotopic (exact) mass is 256 g/mol. The maximum absolute atomic E-state index is 5.64. The number of hydrogen-bond acceptors (Lipinski definition) is 3. The van der Waals surface area contributed by atoms with Crippen LogP contribution in [0.1, 0.15) is 12.5 Å². The van der Waals surface area contributed by atoms with Crippen molar-refractivity contribution in [3.8, 4) is 5.75 Å². The van der Waals surface area contributed by atoms with Gasteiger partial charge in [0, 0.05) is 17.9 Å². The molecular weight excluding hydrogens is 236 g/mol. The lowest BCUT2D eigenvalue weighted by atomic mass is 10.1. The first kappa shape index (κ1) is 13.3. The molecule has 0 radical (unpaired) electrons. The molecule has 100 valence electrons. The second-order valence-electron chi connectivity index (χ2n) is 4.35. The second kappa shape index (κ2) is 6.69. The Hall–Kier alpha value is -2.16. The van der Waals surface area contributed by atoms with Crippen molar-refractivity contribution < 1.29 is 4.74 Å². The lowest BCUT2D eigenvalue weighted by molar-refractivity contribution is 0.333. The molecule has 0 unspecified atom stereocenters. The van der Waals surface area contributed by atoms with Crippen LogP contribution in [0.3, 0.4) is 0 Å². The molecule has 2 rings (SSSR count). The van der Waals surface area contributed by atoms with Gasteiger partial charge in [-0.1, -0.05) is 25.1 Å². The van der Waals surface area contributed by atoms with E-state index in [1.165, 1.54) is 11.3 Å². The van der Waals surface area contributed by atoms with Crippen molar-refractivity contribution in [3.05, 3.63) is 54.1 Å². The zero-order valence-corrected chi connectivity index (χ0v) is 11.2. The third kappa shape index (κ3) is 3.91. The molecule has 0 aliphatic rings. The maximum Gasteiger partial charge on any atom is 0.119 e. The average Bonchev–Trinajstić information content (AvgIpc) is 2.46. The molecule has 0 bridgehead atoms. The summed E-state index contributed by atoms with van der Waals surface area (Å²) in [4.78, 5) is 0. The Morgan fingerprint density at radius 1 is 1.05 bits per heavy atom. The van der Waals surface area contributed by atoms with Crippen molar-refractivity contribution in [1.82, 2.24) is 0 Å². The molecule has 0 aliphatic heterocycles. The molecule has 0 spiro atoms. The topological polar surface area (TPSA) is 47.3 Å². The number of rotatable bonds is 6. The summed E-state index contributed by atoms with van der Waals surface area (Å²) in [6.07, 6.45) is 1.03. The Morgan fingerprint density at radius 2 is 1.79 bits per heavy atom. The third-order valence-corrected chi connectivity index (χ3v) is 2.96. The Morgan fingerprint density at radius 3 is 2.53 bits per heavy atom. The van der Waals surface area contributed by atoms with E-state index < -0.39 is 0 Å². The van der Waals surface area contributed by atoms with Crippen LogP contribution in [-0.4, -0.2) is 13.2 Å². The van der Waals surface area contributed by atoms with Gasteiger partial charge in [-0.05, 0) is 42.3 Å². The van der Waals surface area contributed by atoms with Crippen LogP contribution in [0.15, 0.2) is 48.5 Å². The van der Waals surface area contributed by atoms with Crippen molar-refractivity contribution >= 4 is 11.4 Å². The summed E-state index contributed by atoms with van der Waals surface area (Å²) in [5.74, 6) is 0.847. The summed E-state index contributed by atoms with van der Waals surface area (Å²) in [6, 6.07) is 15.8. The molecule has 0 amide bonds. The number of nitrogens with two attached hydrogens (primary N) is 1. The highest BCUT2D eigenvalue weighted by molar-refractivity contribution is 5.51. The summed E-state index contributed by atoms with van der Waals surface area (Å²) in [5.41, 5.74) is 8.89. The van der Waals surface area contributed by atoms with E-state index >= 15 is 0 Å². The number of ether oxygens (including phenoxy) is 1. The molecular formula is C16H20N2O. The van der Waals surface area contributed by atoms with Crippen molar-refractivity contribution in [1.29, 1.82) is 0 Å². The van der Waals surface area contributed by atoms with Crippen LogP contribution in [-0.2, 0) is 6.42 Å². The van der Waals surface area contributed by atoms with E-state index in [1.807, 2.05) is 30.3 Å². The third-order valence-electron chi connectivity index (χ3n) is 2.96. The Bertz CT molecular complexity index is 508. The summed E-state index contributed by atoms with van der Waals surface area (Å²) < 4.78 is 5.64. The summed E-state index contributed by atoms with van der Waals surface area (Å²) in [7, 11) is 0. The zero-order valence-electron chi connectivity index (χ0n) is 11.2. The summed E-state index contributed by atoms with van der Waals surface area (Å²) >= 11 is 0. The molecule has 0 heterocycles. The minimum atomic E-state index is 0.627. The molecule has 0 aromatic heterocycles. The van der Waals surface area contributed by atoms with Gasteiger partial charge in [-0.3, -0.25) is 0 Å². The van der Waals surface area contributed by atoms with E-state index in [9.17, 15) is 0 Å². The molecule has 0 aliphatic carbocycles.